The fourth-order valence-corrected chi connectivity index (χ4v) is 5.64. The van der Waals surface area contributed by atoms with Crippen LogP contribution in [0.1, 0.15) is 33.4 Å². The van der Waals surface area contributed by atoms with Crippen molar-refractivity contribution in [3.05, 3.63) is 45.4 Å². The zero-order chi connectivity index (χ0) is 17.8. The normalized spacial score (nSPS) is 25.2. The summed E-state index contributed by atoms with van der Waals surface area (Å²) in [6.07, 6.45) is 4.38. The molecule has 7 heteroatoms. The molecule has 5 rings (SSSR count). The Labute approximate surface area is 160 Å². The molecule has 2 fully saturated rings. The topological polar surface area (TPSA) is 51.0 Å². The van der Waals surface area contributed by atoms with Crippen molar-refractivity contribution in [2.75, 3.05) is 13.1 Å². The number of nitrogens with zero attached hydrogens (tertiary/aromatic N) is 4. The molecule has 0 aromatic carbocycles. The fourth-order valence-electron chi connectivity index (χ4n) is 4.65. The molecule has 3 atom stereocenters. The standard InChI is InChI=1S/C19H19ClN4OS/c1-11-2-5-16(26-11)19(25)23-9-13-3-4-15(14(13)10-23)24-7-6-12-8-17(20)21-22-18(12)24/h2,5-8,13-15H,3-4,9-10H2,1H3/t13-,14+,15+/m1/s1. The zero-order valence-electron chi connectivity index (χ0n) is 14.4. The summed E-state index contributed by atoms with van der Waals surface area (Å²) in [7, 11) is 0. The third-order valence-corrected chi connectivity index (χ3v) is 7.02. The van der Waals surface area contributed by atoms with Gasteiger partial charge in [-0.15, -0.1) is 21.5 Å². The summed E-state index contributed by atoms with van der Waals surface area (Å²) < 4.78 is 2.24. The number of aromatic nitrogens is 3. The number of likely N-dealkylation sites (tertiary alicyclic amines) is 1. The molecule has 26 heavy (non-hydrogen) atoms. The summed E-state index contributed by atoms with van der Waals surface area (Å²) in [6, 6.07) is 8.25. The van der Waals surface area contributed by atoms with E-state index in [0.717, 1.165) is 41.8 Å². The predicted octanol–water partition coefficient (Wildman–Crippen LogP) is 4.18. The molecule has 0 N–H and O–H groups in total. The summed E-state index contributed by atoms with van der Waals surface area (Å²) in [4.78, 5) is 16.9. The van der Waals surface area contributed by atoms with Gasteiger partial charge in [0.15, 0.2) is 10.8 Å². The number of hydrogen-bond donors (Lipinski definition) is 0. The third kappa shape index (κ3) is 2.55. The number of halogens is 1. The summed E-state index contributed by atoms with van der Waals surface area (Å²) >= 11 is 7.55. The van der Waals surface area contributed by atoms with Gasteiger partial charge in [-0.25, -0.2) is 0 Å². The molecule has 1 amide bonds. The van der Waals surface area contributed by atoms with E-state index in [1.807, 2.05) is 30.0 Å². The van der Waals surface area contributed by atoms with E-state index in [1.54, 1.807) is 11.3 Å². The van der Waals surface area contributed by atoms with Crippen molar-refractivity contribution in [1.82, 2.24) is 19.7 Å². The maximum Gasteiger partial charge on any atom is 0.263 e. The molecule has 0 radical (unpaired) electrons. The second-order valence-electron chi connectivity index (χ2n) is 7.36. The summed E-state index contributed by atoms with van der Waals surface area (Å²) in [5.74, 6) is 1.23. The minimum absolute atomic E-state index is 0.181. The quantitative estimate of drug-likeness (QED) is 0.663. The van der Waals surface area contributed by atoms with E-state index in [9.17, 15) is 4.79 Å². The maximum absolute atomic E-state index is 12.8. The first kappa shape index (κ1) is 16.3. The van der Waals surface area contributed by atoms with Crippen molar-refractivity contribution in [3.63, 3.8) is 0 Å². The molecular weight excluding hydrogens is 368 g/mol. The summed E-state index contributed by atoms with van der Waals surface area (Å²) in [6.45, 7) is 3.74. The summed E-state index contributed by atoms with van der Waals surface area (Å²) in [5.41, 5.74) is 0.888. The van der Waals surface area contributed by atoms with Gasteiger partial charge in [-0.2, -0.15) is 0 Å². The van der Waals surface area contributed by atoms with E-state index in [-0.39, 0.29) is 5.91 Å². The van der Waals surface area contributed by atoms with Gasteiger partial charge in [-0.05, 0) is 49.9 Å². The van der Waals surface area contributed by atoms with E-state index >= 15 is 0 Å². The van der Waals surface area contributed by atoms with Gasteiger partial charge in [-0.1, -0.05) is 11.6 Å². The minimum atomic E-state index is 0.181. The monoisotopic (exact) mass is 386 g/mol. The highest BCUT2D eigenvalue weighted by Gasteiger charge is 2.45. The molecule has 1 aliphatic carbocycles. The van der Waals surface area contributed by atoms with Crippen LogP contribution in [0.3, 0.4) is 0 Å². The lowest BCUT2D eigenvalue weighted by Crippen LogP contribution is -2.30. The Kier molecular flexibility index (Phi) is 3.79. The van der Waals surface area contributed by atoms with Crippen molar-refractivity contribution in [3.8, 4) is 0 Å². The highest BCUT2D eigenvalue weighted by molar-refractivity contribution is 7.13. The van der Waals surface area contributed by atoms with Crippen LogP contribution >= 0.6 is 22.9 Å². The van der Waals surface area contributed by atoms with Gasteiger partial charge < -0.3 is 9.47 Å². The van der Waals surface area contributed by atoms with Gasteiger partial charge in [0, 0.05) is 41.5 Å². The first-order valence-electron chi connectivity index (χ1n) is 8.95. The number of amides is 1. The molecule has 1 saturated carbocycles. The number of rotatable bonds is 2. The van der Waals surface area contributed by atoms with Gasteiger partial charge in [0.25, 0.3) is 5.91 Å². The Hall–Kier alpha value is -1.92. The minimum Gasteiger partial charge on any atom is -0.337 e. The second kappa shape index (κ2) is 6.06. The Balaban J connectivity index is 1.40. The molecule has 2 aliphatic rings. The van der Waals surface area contributed by atoms with Crippen LogP contribution in [-0.2, 0) is 0 Å². The number of thiophene rings is 1. The predicted molar refractivity (Wildman–Crippen MR) is 103 cm³/mol. The average molecular weight is 387 g/mol. The van der Waals surface area contributed by atoms with Gasteiger partial charge in [0.2, 0.25) is 0 Å². The number of aryl methyl sites for hydroxylation is 1. The van der Waals surface area contributed by atoms with Crippen LogP contribution < -0.4 is 0 Å². The van der Waals surface area contributed by atoms with Gasteiger partial charge in [0.1, 0.15) is 0 Å². The number of fused-ring (bicyclic) bond motifs is 2. The lowest BCUT2D eigenvalue weighted by molar-refractivity contribution is 0.0782. The zero-order valence-corrected chi connectivity index (χ0v) is 16.0. The number of carbonyl (C=O) groups excluding carboxylic acids is 1. The molecule has 3 aromatic heterocycles. The van der Waals surface area contributed by atoms with Crippen molar-refractivity contribution in [1.29, 1.82) is 0 Å². The first-order chi connectivity index (χ1) is 12.6. The molecule has 0 bridgehead atoms. The number of carbonyl (C=O) groups is 1. The lowest BCUT2D eigenvalue weighted by Gasteiger charge is -2.22. The Bertz CT molecular complexity index is 997. The van der Waals surface area contributed by atoms with E-state index < -0.39 is 0 Å². The molecule has 1 saturated heterocycles. The molecule has 1 aliphatic heterocycles. The van der Waals surface area contributed by atoms with Crippen LogP contribution in [0.5, 0.6) is 0 Å². The molecule has 134 valence electrons. The third-order valence-electron chi connectivity index (χ3n) is 5.85. The largest absolute Gasteiger partial charge is 0.337 e. The van der Waals surface area contributed by atoms with Crippen molar-refractivity contribution >= 4 is 39.9 Å². The highest BCUT2D eigenvalue weighted by Crippen LogP contribution is 2.46. The SMILES string of the molecule is Cc1ccc(C(=O)N2C[C@H]3CC[C@H](n4ccc5cc(Cl)nnc54)[C@H]3C2)s1. The second-order valence-corrected chi connectivity index (χ2v) is 9.03. The average Bonchev–Trinajstić information content (AvgIpc) is 3.36. The van der Waals surface area contributed by atoms with Crippen molar-refractivity contribution in [2.24, 2.45) is 11.8 Å². The molecule has 3 aromatic rings. The van der Waals surface area contributed by atoms with Gasteiger partial charge in [-0.3, -0.25) is 4.79 Å². The highest BCUT2D eigenvalue weighted by atomic mass is 35.5. The van der Waals surface area contributed by atoms with E-state index in [4.69, 9.17) is 11.6 Å². The van der Waals surface area contributed by atoms with Crippen LogP contribution in [0, 0.1) is 18.8 Å². The fraction of sp³-hybridized carbons (Fsp3) is 0.421. The van der Waals surface area contributed by atoms with Crippen molar-refractivity contribution < 1.29 is 4.79 Å². The Morgan fingerprint density at radius 2 is 2.12 bits per heavy atom. The smallest absolute Gasteiger partial charge is 0.263 e. The van der Waals surface area contributed by atoms with Crippen molar-refractivity contribution in [2.45, 2.75) is 25.8 Å². The van der Waals surface area contributed by atoms with Gasteiger partial charge >= 0.3 is 0 Å². The molecule has 4 heterocycles. The van der Waals surface area contributed by atoms with Gasteiger partial charge in [0.05, 0.1) is 4.88 Å². The van der Waals surface area contributed by atoms with Crippen LogP contribution in [-0.4, -0.2) is 38.7 Å². The number of hydrogen-bond acceptors (Lipinski definition) is 4. The Morgan fingerprint density at radius 1 is 1.23 bits per heavy atom. The summed E-state index contributed by atoms with van der Waals surface area (Å²) in [5, 5.41) is 9.76. The van der Waals surface area contributed by atoms with Crippen LogP contribution in [0.15, 0.2) is 30.5 Å². The van der Waals surface area contributed by atoms with Crippen LogP contribution in [0.2, 0.25) is 5.15 Å². The Morgan fingerprint density at radius 3 is 2.92 bits per heavy atom. The maximum atomic E-state index is 12.8. The molecule has 0 unspecified atom stereocenters. The van der Waals surface area contributed by atoms with Crippen LogP contribution in [0.4, 0.5) is 0 Å². The first-order valence-corrected chi connectivity index (χ1v) is 10.1. The molecular formula is C19H19ClN4OS. The lowest BCUT2D eigenvalue weighted by atomic mass is 9.98. The van der Waals surface area contributed by atoms with E-state index in [1.165, 1.54) is 4.88 Å². The van der Waals surface area contributed by atoms with E-state index in [0.29, 0.717) is 23.0 Å². The van der Waals surface area contributed by atoms with E-state index in [2.05, 4.69) is 27.0 Å². The molecule has 5 nitrogen and oxygen atoms in total. The van der Waals surface area contributed by atoms with Crippen LogP contribution in [0.25, 0.3) is 11.0 Å². The molecule has 0 spiro atoms.